The summed E-state index contributed by atoms with van der Waals surface area (Å²) < 4.78 is 1.30. The number of amides is 1. The Kier molecular flexibility index (Phi) is 5.19. The van der Waals surface area contributed by atoms with E-state index in [1.165, 1.54) is 4.68 Å². The number of fused-ring (bicyclic) bond motifs is 1. The zero-order chi connectivity index (χ0) is 21.3. The lowest BCUT2D eigenvalue weighted by Gasteiger charge is -2.20. The first kappa shape index (κ1) is 19.6. The fourth-order valence-corrected chi connectivity index (χ4v) is 3.46. The van der Waals surface area contributed by atoms with Gasteiger partial charge >= 0.3 is 0 Å². The van der Waals surface area contributed by atoms with Gasteiger partial charge in [0.25, 0.3) is 11.5 Å². The van der Waals surface area contributed by atoms with Gasteiger partial charge in [0.05, 0.1) is 11.1 Å². The number of para-hydroxylation sites is 1. The molecule has 0 N–H and O–H groups in total. The molecule has 1 aromatic heterocycles. The van der Waals surface area contributed by atoms with Crippen molar-refractivity contribution in [2.45, 2.75) is 19.8 Å². The molecule has 5 nitrogen and oxygen atoms in total. The molecule has 0 saturated carbocycles. The highest BCUT2D eigenvalue weighted by atomic mass is 16.2. The summed E-state index contributed by atoms with van der Waals surface area (Å²) in [4.78, 5) is 28.1. The zero-order valence-corrected chi connectivity index (χ0v) is 17.2. The van der Waals surface area contributed by atoms with Crippen LogP contribution in [0, 0.1) is 0 Å². The van der Waals surface area contributed by atoms with E-state index in [1.807, 2.05) is 42.5 Å². The van der Waals surface area contributed by atoms with Crippen LogP contribution >= 0.6 is 0 Å². The van der Waals surface area contributed by atoms with E-state index < -0.39 is 0 Å². The van der Waals surface area contributed by atoms with E-state index in [0.29, 0.717) is 22.4 Å². The number of anilines is 1. The Balaban J connectivity index is 1.88. The standard InChI is InChI=1S/C25H23N3O2/c1-17(2)18-10-9-13-20(16-18)27(3)25(30)23-21-14-7-8-15-22(21)24(29)28(26-23)19-11-5-4-6-12-19/h4-17H,1-3H3. The molecule has 0 unspecified atom stereocenters. The molecule has 0 saturated heterocycles. The van der Waals surface area contributed by atoms with E-state index in [-0.39, 0.29) is 17.2 Å². The van der Waals surface area contributed by atoms with Crippen molar-refractivity contribution < 1.29 is 4.79 Å². The van der Waals surface area contributed by atoms with E-state index >= 15 is 0 Å². The molecule has 30 heavy (non-hydrogen) atoms. The van der Waals surface area contributed by atoms with Crippen molar-refractivity contribution in [3.63, 3.8) is 0 Å². The third kappa shape index (κ3) is 3.50. The third-order valence-corrected chi connectivity index (χ3v) is 5.24. The minimum absolute atomic E-state index is 0.242. The Morgan fingerprint density at radius 2 is 1.57 bits per heavy atom. The highest BCUT2D eigenvalue weighted by Gasteiger charge is 2.21. The van der Waals surface area contributed by atoms with Gasteiger partial charge in [0, 0.05) is 18.1 Å². The molecule has 0 radical (unpaired) electrons. The highest BCUT2D eigenvalue weighted by molar-refractivity contribution is 6.12. The minimum atomic E-state index is -0.267. The molecule has 4 rings (SSSR count). The number of carbonyl (C=O) groups is 1. The average Bonchev–Trinajstić information content (AvgIpc) is 2.79. The summed E-state index contributed by atoms with van der Waals surface area (Å²) in [7, 11) is 1.73. The largest absolute Gasteiger partial charge is 0.310 e. The van der Waals surface area contributed by atoms with Crippen molar-refractivity contribution >= 4 is 22.4 Å². The lowest BCUT2D eigenvalue weighted by molar-refractivity contribution is 0.0988. The van der Waals surface area contributed by atoms with Gasteiger partial charge in [-0.05, 0) is 41.8 Å². The van der Waals surface area contributed by atoms with Crippen molar-refractivity contribution in [1.82, 2.24) is 9.78 Å². The third-order valence-electron chi connectivity index (χ3n) is 5.24. The van der Waals surface area contributed by atoms with Crippen LogP contribution in [-0.4, -0.2) is 22.7 Å². The fraction of sp³-hybridized carbons (Fsp3) is 0.160. The number of aromatic nitrogens is 2. The number of carbonyl (C=O) groups excluding carboxylic acids is 1. The smallest absolute Gasteiger partial charge is 0.279 e. The Bertz CT molecular complexity index is 1280. The SMILES string of the molecule is CC(C)c1cccc(N(C)C(=O)c2nn(-c3ccccc3)c(=O)c3ccccc23)c1. The van der Waals surface area contributed by atoms with Crippen molar-refractivity contribution in [3.05, 3.63) is 100 Å². The first-order valence-corrected chi connectivity index (χ1v) is 9.93. The Hall–Kier alpha value is -3.73. The maximum atomic E-state index is 13.5. The van der Waals surface area contributed by atoms with Gasteiger partial charge in [-0.1, -0.05) is 62.4 Å². The van der Waals surface area contributed by atoms with E-state index in [0.717, 1.165) is 11.3 Å². The lowest BCUT2D eigenvalue weighted by Crippen LogP contribution is -2.31. The number of benzene rings is 3. The Morgan fingerprint density at radius 1 is 0.900 bits per heavy atom. The summed E-state index contributed by atoms with van der Waals surface area (Å²) in [5.41, 5.74) is 2.55. The molecule has 4 aromatic rings. The predicted molar refractivity (Wildman–Crippen MR) is 121 cm³/mol. The topological polar surface area (TPSA) is 55.2 Å². The molecule has 0 aliphatic rings. The van der Waals surface area contributed by atoms with Crippen LogP contribution in [-0.2, 0) is 0 Å². The van der Waals surface area contributed by atoms with Crippen LogP contribution in [0.4, 0.5) is 5.69 Å². The molecule has 1 heterocycles. The van der Waals surface area contributed by atoms with E-state index in [4.69, 9.17) is 0 Å². The van der Waals surface area contributed by atoms with E-state index in [9.17, 15) is 9.59 Å². The zero-order valence-electron chi connectivity index (χ0n) is 17.2. The Morgan fingerprint density at radius 3 is 2.27 bits per heavy atom. The molecule has 5 heteroatoms. The molecule has 0 bridgehead atoms. The Labute approximate surface area is 175 Å². The van der Waals surface area contributed by atoms with Crippen molar-refractivity contribution in [3.8, 4) is 5.69 Å². The first-order chi connectivity index (χ1) is 14.5. The van der Waals surface area contributed by atoms with Crippen LogP contribution in [0.1, 0.15) is 35.8 Å². The summed E-state index contributed by atoms with van der Waals surface area (Å²) in [6, 6.07) is 24.2. The lowest BCUT2D eigenvalue weighted by atomic mass is 10.0. The normalized spacial score (nSPS) is 11.1. The van der Waals surface area contributed by atoms with Crippen LogP contribution in [0.15, 0.2) is 83.7 Å². The van der Waals surface area contributed by atoms with Crippen LogP contribution in [0.2, 0.25) is 0 Å². The van der Waals surface area contributed by atoms with Gasteiger partial charge in [-0.3, -0.25) is 9.59 Å². The molecule has 0 spiro atoms. The number of rotatable bonds is 4. The maximum absolute atomic E-state index is 13.5. The van der Waals surface area contributed by atoms with Gasteiger partial charge in [0.1, 0.15) is 0 Å². The maximum Gasteiger partial charge on any atom is 0.279 e. The summed E-state index contributed by atoms with van der Waals surface area (Å²) in [5, 5.41) is 5.50. The second-order valence-corrected chi connectivity index (χ2v) is 7.56. The van der Waals surface area contributed by atoms with E-state index in [1.54, 1.807) is 42.3 Å². The minimum Gasteiger partial charge on any atom is -0.310 e. The molecular formula is C25H23N3O2. The van der Waals surface area contributed by atoms with Crippen molar-refractivity contribution in [1.29, 1.82) is 0 Å². The molecule has 0 aliphatic carbocycles. The molecule has 3 aromatic carbocycles. The average molecular weight is 397 g/mol. The van der Waals surface area contributed by atoms with Gasteiger partial charge < -0.3 is 4.90 Å². The van der Waals surface area contributed by atoms with Crippen LogP contribution in [0.3, 0.4) is 0 Å². The predicted octanol–water partition coefficient (Wildman–Crippen LogP) is 4.79. The quantitative estimate of drug-likeness (QED) is 0.498. The van der Waals surface area contributed by atoms with Crippen LogP contribution in [0.5, 0.6) is 0 Å². The molecule has 0 fully saturated rings. The second-order valence-electron chi connectivity index (χ2n) is 7.56. The number of hydrogen-bond donors (Lipinski definition) is 0. The molecule has 0 atom stereocenters. The fourth-order valence-electron chi connectivity index (χ4n) is 3.46. The number of nitrogens with zero attached hydrogens (tertiary/aromatic N) is 3. The van der Waals surface area contributed by atoms with Gasteiger partial charge in [-0.15, -0.1) is 0 Å². The van der Waals surface area contributed by atoms with Crippen molar-refractivity contribution in [2.24, 2.45) is 0 Å². The molecule has 150 valence electrons. The second kappa shape index (κ2) is 7.95. The summed E-state index contributed by atoms with van der Waals surface area (Å²) in [5.74, 6) is 0.0872. The molecule has 0 aliphatic heterocycles. The van der Waals surface area contributed by atoms with Gasteiger partial charge in [-0.25, -0.2) is 0 Å². The van der Waals surface area contributed by atoms with Gasteiger partial charge in [0.2, 0.25) is 0 Å². The van der Waals surface area contributed by atoms with Gasteiger partial charge in [0.15, 0.2) is 5.69 Å². The summed E-state index contributed by atoms with van der Waals surface area (Å²) in [6.07, 6.45) is 0. The van der Waals surface area contributed by atoms with Crippen LogP contribution in [0.25, 0.3) is 16.5 Å². The highest BCUT2D eigenvalue weighted by Crippen LogP contribution is 2.23. The van der Waals surface area contributed by atoms with Crippen molar-refractivity contribution in [2.75, 3.05) is 11.9 Å². The monoisotopic (exact) mass is 397 g/mol. The summed E-state index contributed by atoms with van der Waals surface area (Å²) in [6.45, 7) is 4.23. The molecule has 1 amide bonds. The molecular weight excluding hydrogens is 374 g/mol. The van der Waals surface area contributed by atoms with E-state index in [2.05, 4.69) is 25.0 Å². The number of hydrogen-bond acceptors (Lipinski definition) is 3. The van der Waals surface area contributed by atoms with Crippen LogP contribution < -0.4 is 10.5 Å². The summed E-state index contributed by atoms with van der Waals surface area (Å²) >= 11 is 0. The first-order valence-electron chi connectivity index (χ1n) is 9.93. The van der Waals surface area contributed by atoms with Gasteiger partial charge in [-0.2, -0.15) is 9.78 Å².